The lowest BCUT2D eigenvalue weighted by atomic mass is 9.97. The topological polar surface area (TPSA) is 68.2 Å². The van der Waals surface area contributed by atoms with Crippen LogP contribution in [0.5, 0.6) is 5.75 Å². The van der Waals surface area contributed by atoms with Crippen molar-refractivity contribution in [2.24, 2.45) is 0 Å². The maximum atomic E-state index is 12.4. The number of hydrogen-bond donors (Lipinski definition) is 2. The fourth-order valence-electron chi connectivity index (χ4n) is 3.25. The lowest BCUT2D eigenvalue weighted by molar-refractivity contribution is 0.231. The zero-order chi connectivity index (χ0) is 16.5. The Morgan fingerprint density at radius 1 is 1.33 bits per heavy atom. The highest BCUT2D eigenvalue weighted by Gasteiger charge is 2.28. The summed E-state index contributed by atoms with van der Waals surface area (Å²) in [4.78, 5) is 12.4. The second-order valence-corrected chi connectivity index (χ2v) is 6.37. The summed E-state index contributed by atoms with van der Waals surface area (Å²) in [7, 11) is 0. The van der Waals surface area contributed by atoms with Gasteiger partial charge in [0.2, 0.25) is 0 Å². The van der Waals surface area contributed by atoms with Crippen LogP contribution in [0.3, 0.4) is 0 Å². The Bertz CT molecular complexity index is 751. The summed E-state index contributed by atoms with van der Waals surface area (Å²) in [6.07, 6.45) is 5.68. The van der Waals surface area contributed by atoms with Crippen molar-refractivity contribution in [3.63, 3.8) is 0 Å². The second-order valence-electron chi connectivity index (χ2n) is 6.37. The average Bonchev–Trinajstić information content (AvgIpc) is 3.34. The van der Waals surface area contributed by atoms with E-state index in [2.05, 4.69) is 28.7 Å². The Morgan fingerprint density at radius 3 is 3.00 bits per heavy atom. The number of amides is 2. The third-order valence-corrected chi connectivity index (χ3v) is 4.65. The molecule has 1 unspecified atom stereocenters. The predicted molar refractivity (Wildman–Crippen MR) is 91.3 cm³/mol. The molecule has 2 amide bonds. The van der Waals surface area contributed by atoms with Gasteiger partial charge in [0.25, 0.3) is 0 Å². The first kappa shape index (κ1) is 15.1. The first-order valence-electron chi connectivity index (χ1n) is 8.62. The number of aromatic nitrogens is 2. The fraction of sp³-hybridized carbons (Fsp3) is 0.444. The molecule has 1 aliphatic carbocycles. The van der Waals surface area contributed by atoms with Gasteiger partial charge in [-0.3, -0.25) is 5.32 Å². The number of para-hydroxylation sites is 1. The summed E-state index contributed by atoms with van der Waals surface area (Å²) < 4.78 is 7.73. The van der Waals surface area contributed by atoms with Crippen molar-refractivity contribution < 1.29 is 9.53 Å². The molecule has 4 rings (SSSR count). The molecule has 2 N–H and O–H groups in total. The molecule has 1 aromatic carbocycles. The van der Waals surface area contributed by atoms with E-state index in [4.69, 9.17) is 4.74 Å². The largest absolute Gasteiger partial charge is 0.493 e. The number of ether oxygens (including phenoxy) is 1. The number of nitrogens with zero attached hydrogens (tertiary/aromatic N) is 2. The second kappa shape index (κ2) is 6.19. The van der Waals surface area contributed by atoms with Crippen LogP contribution in [0.4, 0.5) is 10.6 Å². The van der Waals surface area contributed by atoms with Crippen LogP contribution in [0.2, 0.25) is 0 Å². The van der Waals surface area contributed by atoms with Crippen LogP contribution in [-0.2, 0) is 6.42 Å². The van der Waals surface area contributed by atoms with Gasteiger partial charge in [0, 0.05) is 18.1 Å². The lowest BCUT2D eigenvalue weighted by Crippen LogP contribution is -2.36. The number of urea groups is 1. The molecule has 0 bridgehead atoms. The third-order valence-electron chi connectivity index (χ3n) is 4.65. The van der Waals surface area contributed by atoms with Crippen molar-refractivity contribution in [1.29, 1.82) is 0 Å². The van der Waals surface area contributed by atoms with Gasteiger partial charge >= 0.3 is 6.03 Å². The average molecular weight is 326 g/mol. The van der Waals surface area contributed by atoms with E-state index in [0.29, 0.717) is 12.6 Å². The first-order valence-corrected chi connectivity index (χ1v) is 8.62. The highest BCUT2D eigenvalue weighted by Crippen LogP contribution is 2.37. The standard InChI is InChI=1S/C18H22N4O2/c1-2-12-4-3-5-14-15(9-11-24-17(12)14)20-18(23)21-16-8-10-19-22(16)13-6-7-13/h3-5,8,10,13,15H,2,6-7,9,11H2,1H3,(H2,20,21,23). The van der Waals surface area contributed by atoms with Crippen LogP contribution in [0, 0.1) is 0 Å². The van der Waals surface area contributed by atoms with Crippen molar-refractivity contribution in [1.82, 2.24) is 15.1 Å². The number of carbonyl (C=O) groups excluding carboxylic acids is 1. The first-order chi connectivity index (χ1) is 11.8. The van der Waals surface area contributed by atoms with Crippen molar-refractivity contribution >= 4 is 11.8 Å². The molecule has 0 radical (unpaired) electrons. The molecule has 126 valence electrons. The van der Waals surface area contributed by atoms with Crippen molar-refractivity contribution in [2.45, 2.75) is 44.7 Å². The molecule has 1 atom stereocenters. The maximum absolute atomic E-state index is 12.4. The van der Waals surface area contributed by atoms with Crippen LogP contribution in [0.1, 0.15) is 49.4 Å². The Morgan fingerprint density at radius 2 is 2.21 bits per heavy atom. The van der Waals surface area contributed by atoms with Crippen LogP contribution < -0.4 is 15.4 Å². The number of benzene rings is 1. The molecule has 6 nitrogen and oxygen atoms in total. The quantitative estimate of drug-likeness (QED) is 0.904. The molecule has 2 heterocycles. The third kappa shape index (κ3) is 2.84. The minimum atomic E-state index is -0.197. The monoisotopic (exact) mass is 326 g/mol. The van der Waals surface area contributed by atoms with Crippen LogP contribution >= 0.6 is 0 Å². The van der Waals surface area contributed by atoms with Crippen molar-refractivity contribution in [2.75, 3.05) is 11.9 Å². The summed E-state index contributed by atoms with van der Waals surface area (Å²) >= 11 is 0. The molecule has 0 saturated heterocycles. The number of nitrogens with one attached hydrogen (secondary N) is 2. The summed E-state index contributed by atoms with van der Waals surface area (Å²) in [5, 5.41) is 10.3. The lowest BCUT2D eigenvalue weighted by Gasteiger charge is -2.28. The Labute approximate surface area is 141 Å². The molecular weight excluding hydrogens is 304 g/mol. The Kier molecular flexibility index (Phi) is 3.88. The molecule has 0 spiro atoms. The summed E-state index contributed by atoms with van der Waals surface area (Å²) in [6.45, 7) is 2.73. The molecule has 2 aromatic rings. The summed E-state index contributed by atoms with van der Waals surface area (Å²) in [5.41, 5.74) is 2.25. The van der Waals surface area contributed by atoms with Gasteiger partial charge in [-0.1, -0.05) is 25.1 Å². The number of aryl methyl sites for hydroxylation is 1. The predicted octanol–water partition coefficient (Wildman–Crippen LogP) is 3.43. The fourth-order valence-corrected chi connectivity index (χ4v) is 3.25. The number of hydrogen-bond acceptors (Lipinski definition) is 3. The van der Waals surface area contributed by atoms with Gasteiger partial charge in [-0.2, -0.15) is 5.10 Å². The maximum Gasteiger partial charge on any atom is 0.320 e. The zero-order valence-electron chi connectivity index (χ0n) is 13.8. The van der Waals surface area contributed by atoms with Gasteiger partial charge in [-0.05, 0) is 24.8 Å². The van der Waals surface area contributed by atoms with E-state index in [0.717, 1.165) is 42.8 Å². The van der Waals surface area contributed by atoms with Gasteiger partial charge in [0.15, 0.2) is 0 Å². The zero-order valence-corrected chi connectivity index (χ0v) is 13.8. The van der Waals surface area contributed by atoms with E-state index in [1.807, 2.05) is 22.9 Å². The molecule has 6 heteroatoms. The number of fused-ring (bicyclic) bond motifs is 1. The molecule has 24 heavy (non-hydrogen) atoms. The molecule has 2 aliphatic rings. The van der Waals surface area contributed by atoms with E-state index in [1.165, 1.54) is 5.56 Å². The van der Waals surface area contributed by atoms with E-state index in [-0.39, 0.29) is 12.1 Å². The molecule has 1 saturated carbocycles. The SMILES string of the molecule is CCc1cccc2c1OCCC2NC(=O)Nc1ccnn1C1CC1. The molecule has 1 fully saturated rings. The van der Waals surface area contributed by atoms with Crippen molar-refractivity contribution in [3.8, 4) is 5.75 Å². The number of rotatable bonds is 4. The molecule has 1 aliphatic heterocycles. The van der Waals surface area contributed by atoms with Crippen molar-refractivity contribution in [3.05, 3.63) is 41.6 Å². The van der Waals surface area contributed by atoms with Gasteiger partial charge < -0.3 is 10.1 Å². The number of carbonyl (C=O) groups is 1. The van der Waals surface area contributed by atoms with Crippen LogP contribution in [-0.4, -0.2) is 22.4 Å². The normalized spacial score (nSPS) is 19.3. The Balaban J connectivity index is 1.48. The van der Waals surface area contributed by atoms with E-state index in [9.17, 15) is 4.79 Å². The van der Waals surface area contributed by atoms with Gasteiger partial charge in [-0.15, -0.1) is 0 Å². The van der Waals surface area contributed by atoms with Gasteiger partial charge in [0.05, 0.1) is 24.9 Å². The van der Waals surface area contributed by atoms with Crippen LogP contribution in [0.15, 0.2) is 30.5 Å². The van der Waals surface area contributed by atoms with Gasteiger partial charge in [-0.25, -0.2) is 9.48 Å². The number of anilines is 1. The smallest absolute Gasteiger partial charge is 0.320 e. The van der Waals surface area contributed by atoms with E-state index < -0.39 is 0 Å². The summed E-state index contributed by atoms with van der Waals surface area (Å²) in [6, 6.07) is 8.19. The highest BCUT2D eigenvalue weighted by atomic mass is 16.5. The summed E-state index contributed by atoms with van der Waals surface area (Å²) in [5.74, 6) is 1.68. The highest BCUT2D eigenvalue weighted by molar-refractivity contribution is 5.88. The minimum Gasteiger partial charge on any atom is -0.493 e. The minimum absolute atomic E-state index is 0.0300. The van der Waals surface area contributed by atoms with Gasteiger partial charge in [0.1, 0.15) is 11.6 Å². The van der Waals surface area contributed by atoms with E-state index >= 15 is 0 Å². The Hall–Kier alpha value is -2.50. The molecule has 1 aromatic heterocycles. The molecular formula is C18H22N4O2. The van der Waals surface area contributed by atoms with E-state index in [1.54, 1.807) is 6.20 Å². The van der Waals surface area contributed by atoms with Crippen LogP contribution in [0.25, 0.3) is 0 Å².